The Kier molecular flexibility index (Phi) is 4.39. The van der Waals surface area contributed by atoms with Gasteiger partial charge in [0.25, 0.3) is 0 Å². The fraction of sp³-hybridized carbons (Fsp3) is 0.909. The summed E-state index contributed by atoms with van der Waals surface area (Å²) in [5, 5.41) is 9.06. The smallest absolute Gasteiger partial charge is 0.320 e. The van der Waals surface area contributed by atoms with E-state index in [1.807, 2.05) is 11.9 Å². The summed E-state index contributed by atoms with van der Waals surface area (Å²) in [7, 11) is 1.94. The van der Waals surface area contributed by atoms with Gasteiger partial charge in [-0.15, -0.1) is 0 Å². The van der Waals surface area contributed by atoms with Gasteiger partial charge in [0.1, 0.15) is 6.04 Å². The molecule has 0 saturated heterocycles. The van der Waals surface area contributed by atoms with E-state index in [0.717, 1.165) is 31.7 Å². The summed E-state index contributed by atoms with van der Waals surface area (Å²) in [6.45, 7) is 3.06. The third-order valence-corrected chi connectivity index (χ3v) is 2.89. The van der Waals surface area contributed by atoms with Gasteiger partial charge in [0.2, 0.25) is 0 Å². The molecule has 1 aliphatic rings. The lowest BCUT2D eigenvalue weighted by Gasteiger charge is -2.24. The molecule has 1 rings (SSSR count). The highest BCUT2D eigenvalue weighted by molar-refractivity contribution is 5.73. The van der Waals surface area contributed by atoms with E-state index in [9.17, 15) is 4.79 Å². The summed E-state index contributed by atoms with van der Waals surface area (Å²) in [6, 6.07) is -0.268. The fourth-order valence-electron chi connectivity index (χ4n) is 1.76. The first-order valence-electron chi connectivity index (χ1n) is 5.58. The average Bonchev–Trinajstić information content (AvgIpc) is 2.88. The van der Waals surface area contributed by atoms with Gasteiger partial charge in [-0.1, -0.05) is 19.8 Å². The second-order valence-electron chi connectivity index (χ2n) is 4.38. The highest BCUT2D eigenvalue weighted by Gasteiger charge is 2.28. The lowest BCUT2D eigenvalue weighted by Crippen LogP contribution is -2.39. The molecule has 0 aromatic heterocycles. The fourth-order valence-corrected chi connectivity index (χ4v) is 1.76. The number of aliphatic carboxylic acids is 1. The van der Waals surface area contributed by atoms with Crippen molar-refractivity contribution in [3.8, 4) is 0 Å². The summed E-state index contributed by atoms with van der Waals surface area (Å²) in [5.41, 5.74) is 0. The van der Waals surface area contributed by atoms with Crippen LogP contribution in [-0.2, 0) is 4.79 Å². The zero-order valence-electron chi connectivity index (χ0n) is 9.20. The van der Waals surface area contributed by atoms with E-state index in [1.165, 1.54) is 12.8 Å². The van der Waals surface area contributed by atoms with Crippen molar-refractivity contribution in [3.05, 3.63) is 0 Å². The number of hydrogen-bond acceptors (Lipinski definition) is 2. The van der Waals surface area contributed by atoms with Crippen molar-refractivity contribution in [2.75, 3.05) is 13.6 Å². The van der Waals surface area contributed by atoms with E-state index < -0.39 is 5.97 Å². The molecule has 0 amide bonds. The van der Waals surface area contributed by atoms with Gasteiger partial charge < -0.3 is 5.11 Å². The van der Waals surface area contributed by atoms with E-state index >= 15 is 0 Å². The average molecular weight is 199 g/mol. The third kappa shape index (κ3) is 3.66. The van der Waals surface area contributed by atoms with E-state index in [2.05, 4.69) is 6.92 Å². The summed E-state index contributed by atoms with van der Waals surface area (Å²) in [5.74, 6) is 0.102. The molecule has 14 heavy (non-hydrogen) atoms. The van der Waals surface area contributed by atoms with Crippen LogP contribution in [0.3, 0.4) is 0 Å². The molecular weight excluding hydrogens is 178 g/mol. The molecule has 0 aromatic carbocycles. The van der Waals surface area contributed by atoms with Gasteiger partial charge in [0, 0.05) is 6.54 Å². The lowest BCUT2D eigenvalue weighted by atomic mass is 10.1. The van der Waals surface area contributed by atoms with Gasteiger partial charge in [0.15, 0.2) is 0 Å². The molecular formula is C11H21NO2. The Morgan fingerprint density at radius 2 is 2.21 bits per heavy atom. The number of carbonyl (C=O) groups is 1. The predicted octanol–water partition coefficient (Wildman–Crippen LogP) is 1.97. The number of carboxylic acid groups (broad SMARTS) is 1. The molecule has 0 heterocycles. The van der Waals surface area contributed by atoms with Crippen molar-refractivity contribution < 1.29 is 9.90 Å². The van der Waals surface area contributed by atoms with Crippen LogP contribution in [0.2, 0.25) is 0 Å². The second-order valence-corrected chi connectivity index (χ2v) is 4.38. The first-order valence-corrected chi connectivity index (χ1v) is 5.58. The number of likely N-dealkylation sites (N-methyl/N-ethyl adjacent to an activating group) is 1. The molecule has 0 spiro atoms. The summed E-state index contributed by atoms with van der Waals surface area (Å²) in [4.78, 5) is 13.0. The van der Waals surface area contributed by atoms with E-state index in [4.69, 9.17) is 5.11 Å². The van der Waals surface area contributed by atoms with Gasteiger partial charge in [-0.2, -0.15) is 0 Å². The molecule has 82 valence electrons. The van der Waals surface area contributed by atoms with Crippen LogP contribution < -0.4 is 0 Å². The molecule has 0 radical (unpaired) electrons. The van der Waals surface area contributed by atoms with E-state index in [-0.39, 0.29) is 6.04 Å². The van der Waals surface area contributed by atoms with Crippen LogP contribution in [0.1, 0.15) is 39.0 Å². The molecule has 1 fully saturated rings. The van der Waals surface area contributed by atoms with Crippen LogP contribution in [0.15, 0.2) is 0 Å². The van der Waals surface area contributed by atoms with Gasteiger partial charge >= 0.3 is 5.97 Å². The highest BCUT2D eigenvalue weighted by Crippen LogP contribution is 2.30. The number of rotatable bonds is 7. The maximum absolute atomic E-state index is 11.0. The molecule has 0 aliphatic heterocycles. The van der Waals surface area contributed by atoms with Crippen molar-refractivity contribution in [1.82, 2.24) is 4.90 Å². The summed E-state index contributed by atoms with van der Waals surface area (Å²) in [6.07, 6.45) is 5.43. The van der Waals surface area contributed by atoms with Gasteiger partial charge in [-0.25, -0.2) is 0 Å². The minimum atomic E-state index is -0.665. The van der Waals surface area contributed by atoms with Crippen molar-refractivity contribution in [2.45, 2.75) is 45.1 Å². The van der Waals surface area contributed by atoms with Crippen LogP contribution >= 0.6 is 0 Å². The molecule has 1 saturated carbocycles. The van der Waals surface area contributed by atoms with Crippen molar-refractivity contribution >= 4 is 5.97 Å². The second kappa shape index (κ2) is 5.35. The molecule has 3 nitrogen and oxygen atoms in total. The molecule has 3 heteroatoms. The third-order valence-electron chi connectivity index (χ3n) is 2.89. The Bertz CT molecular complexity index is 190. The number of unbranched alkanes of at least 4 members (excludes halogenated alkanes) is 1. The highest BCUT2D eigenvalue weighted by atomic mass is 16.4. The molecule has 1 N–H and O–H groups in total. The Hall–Kier alpha value is -0.570. The molecule has 0 bridgehead atoms. The Morgan fingerprint density at radius 1 is 1.57 bits per heavy atom. The summed E-state index contributed by atoms with van der Waals surface area (Å²) >= 11 is 0. The van der Waals surface area contributed by atoms with Gasteiger partial charge in [-0.3, -0.25) is 9.69 Å². The first-order chi connectivity index (χ1) is 6.65. The monoisotopic (exact) mass is 199 g/mol. The zero-order valence-corrected chi connectivity index (χ0v) is 9.20. The van der Waals surface area contributed by atoms with Crippen LogP contribution in [0.25, 0.3) is 0 Å². The number of hydrogen-bond donors (Lipinski definition) is 1. The minimum Gasteiger partial charge on any atom is -0.480 e. The zero-order chi connectivity index (χ0) is 10.6. The maximum Gasteiger partial charge on any atom is 0.320 e. The number of carboxylic acids is 1. The van der Waals surface area contributed by atoms with Crippen molar-refractivity contribution in [2.24, 2.45) is 5.92 Å². The van der Waals surface area contributed by atoms with Crippen molar-refractivity contribution in [3.63, 3.8) is 0 Å². The van der Waals surface area contributed by atoms with E-state index in [1.54, 1.807) is 0 Å². The standard InChI is InChI=1S/C11H21NO2/c1-3-4-5-10(11(13)14)12(2)8-9-6-7-9/h9-10H,3-8H2,1-2H3,(H,13,14). The van der Waals surface area contributed by atoms with E-state index in [0.29, 0.717) is 0 Å². The molecule has 1 aliphatic carbocycles. The Balaban J connectivity index is 2.34. The summed E-state index contributed by atoms with van der Waals surface area (Å²) < 4.78 is 0. The minimum absolute atomic E-state index is 0.268. The first kappa shape index (κ1) is 11.5. The topological polar surface area (TPSA) is 40.5 Å². The predicted molar refractivity (Wildman–Crippen MR) is 56.3 cm³/mol. The quantitative estimate of drug-likeness (QED) is 0.681. The van der Waals surface area contributed by atoms with Crippen LogP contribution in [0, 0.1) is 5.92 Å². The largest absolute Gasteiger partial charge is 0.480 e. The van der Waals surface area contributed by atoms with Crippen LogP contribution in [0.5, 0.6) is 0 Å². The molecule has 1 unspecified atom stereocenters. The van der Waals surface area contributed by atoms with Crippen molar-refractivity contribution in [1.29, 1.82) is 0 Å². The Morgan fingerprint density at radius 3 is 2.64 bits per heavy atom. The SMILES string of the molecule is CCCCC(C(=O)O)N(C)CC1CC1. The molecule has 0 aromatic rings. The number of nitrogens with zero attached hydrogens (tertiary/aromatic N) is 1. The Labute approximate surface area is 86.1 Å². The van der Waals surface area contributed by atoms with Crippen LogP contribution in [0.4, 0.5) is 0 Å². The molecule has 1 atom stereocenters. The maximum atomic E-state index is 11.0. The lowest BCUT2D eigenvalue weighted by molar-refractivity contribution is -0.143. The van der Waals surface area contributed by atoms with Gasteiger partial charge in [0.05, 0.1) is 0 Å². The normalized spacial score (nSPS) is 18.5. The van der Waals surface area contributed by atoms with Crippen LogP contribution in [-0.4, -0.2) is 35.6 Å². The van der Waals surface area contributed by atoms with Gasteiger partial charge in [-0.05, 0) is 32.2 Å².